The van der Waals surface area contributed by atoms with Crippen molar-refractivity contribution in [3.8, 4) is 0 Å². The molecule has 1 aromatic heterocycles. The van der Waals surface area contributed by atoms with E-state index in [2.05, 4.69) is 9.88 Å². The van der Waals surface area contributed by atoms with Crippen molar-refractivity contribution in [3.63, 3.8) is 0 Å². The lowest BCUT2D eigenvalue weighted by atomic mass is 10.2. The lowest BCUT2D eigenvalue weighted by Gasteiger charge is -2.29. The van der Waals surface area contributed by atoms with E-state index in [1.165, 1.54) is 12.2 Å². The first-order valence-electron chi connectivity index (χ1n) is 5.84. The molecule has 0 radical (unpaired) electrons. The van der Waals surface area contributed by atoms with Gasteiger partial charge in [0.05, 0.1) is 25.9 Å². The average molecular weight is 251 g/mol. The summed E-state index contributed by atoms with van der Waals surface area (Å²) in [4.78, 5) is 23.4. The fourth-order valence-corrected chi connectivity index (χ4v) is 1.84. The molecule has 0 aromatic carbocycles. The van der Waals surface area contributed by atoms with Crippen molar-refractivity contribution in [2.75, 3.05) is 45.4 Å². The molecule has 0 aliphatic carbocycles. The fraction of sp³-hybridized carbons (Fsp3) is 0.500. The van der Waals surface area contributed by atoms with Crippen LogP contribution in [0.3, 0.4) is 0 Å². The smallest absolute Gasteiger partial charge is 0.280 e. The second kappa shape index (κ2) is 5.79. The number of anilines is 1. The third-order valence-corrected chi connectivity index (χ3v) is 2.89. The molecular formula is C12H17N3O3. The summed E-state index contributed by atoms with van der Waals surface area (Å²) in [5.41, 5.74) is 0.545. The molecule has 0 N–H and O–H groups in total. The Morgan fingerprint density at radius 1 is 1.50 bits per heavy atom. The molecule has 1 aromatic rings. The highest BCUT2D eigenvalue weighted by molar-refractivity contribution is 5.98. The van der Waals surface area contributed by atoms with Gasteiger partial charge in [-0.2, -0.15) is 0 Å². The lowest BCUT2D eigenvalue weighted by molar-refractivity contribution is -0.0756. The number of nitrogens with zero attached hydrogens (tertiary/aromatic N) is 3. The predicted octanol–water partition coefficient (Wildman–Crippen LogP) is 0.552. The summed E-state index contributed by atoms with van der Waals surface area (Å²) in [6.45, 7) is 2.80. The maximum Gasteiger partial charge on any atom is 0.280 e. The van der Waals surface area contributed by atoms with Gasteiger partial charge in [-0.05, 0) is 12.1 Å². The van der Waals surface area contributed by atoms with E-state index in [1.54, 1.807) is 25.4 Å². The molecule has 1 amide bonds. The highest BCUT2D eigenvalue weighted by atomic mass is 16.7. The molecular weight excluding hydrogens is 234 g/mol. The topological polar surface area (TPSA) is 54.9 Å². The number of hydrogen-bond acceptors (Lipinski definition) is 5. The number of hydroxylamine groups is 2. The van der Waals surface area contributed by atoms with Crippen molar-refractivity contribution in [1.82, 2.24) is 10.0 Å². The standard InChI is InChI=1S/C12H17N3O3/c1-14(17-2)12(16)10-4-3-5-13-11(10)15-6-8-18-9-7-15/h3-5H,6-9H2,1-2H3. The van der Waals surface area contributed by atoms with Gasteiger partial charge < -0.3 is 9.64 Å². The Labute approximate surface area is 106 Å². The quantitative estimate of drug-likeness (QED) is 0.734. The number of carbonyl (C=O) groups is 1. The molecule has 0 unspecified atom stereocenters. The van der Waals surface area contributed by atoms with E-state index in [0.717, 1.165) is 13.1 Å². The zero-order chi connectivity index (χ0) is 13.0. The molecule has 0 atom stereocenters. The first-order valence-corrected chi connectivity index (χ1v) is 5.84. The van der Waals surface area contributed by atoms with E-state index < -0.39 is 0 Å². The predicted molar refractivity (Wildman–Crippen MR) is 66.4 cm³/mol. The largest absolute Gasteiger partial charge is 0.378 e. The van der Waals surface area contributed by atoms with E-state index in [9.17, 15) is 4.79 Å². The zero-order valence-corrected chi connectivity index (χ0v) is 10.6. The Bertz CT molecular complexity index is 419. The maximum atomic E-state index is 12.1. The van der Waals surface area contributed by atoms with Crippen LogP contribution in [0.1, 0.15) is 10.4 Å². The molecule has 0 bridgehead atoms. The van der Waals surface area contributed by atoms with Crippen molar-refractivity contribution >= 4 is 11.7 Å². The van der Waals surface area contributed by atoms with Crippen molar-refractivity contribution < 1.29 is 14.4 Å². The van der Waals surface area contributed by atoms with Gasteiger partial charge in [-0.15, -0.1) is 0 Å². The van der Waals surface area contributed by atoms with Gasteiger partial charge in [0.2, 0.25) is 0 Å². The lowest BCUT2D eigenvalue weighted by Crippen LogP contribution is -2.38. The number of carbonyl (C=O) groups excluding carboxylic acids is 1. The summed E-state index contributed by atoms with van der Waals surface area (Å²) in [5, 5.41) is 1.20. The third kappa shape index (κ3) is 2.60. The summed E-state index contributed by atoms with van der Waals surface area (Å²) in [6.07, 6.45) is 1.69. The van der Waals surface area contributed by atoms with Crippen LogP contribution in [0.5, 0.6) is 0 Å². The van der Waals surface area contributed by atoms with Crippen LogP contribution in [0.15, 0.2) is 18.3 Å². The Morgan fingerprint density at radius 2 is 2.22 bits per heavy atom. The van der Waals surface area contributed by atoms with Crippen LogP contribution in [0.25, 0.3) is 0 Å². The molecule has 1 aliphatic heterocycles. The van der Waals surface area contributed by atoms with Crippen LogP contribution in [0, 0.1) is 0 Å². The van der Waals surface area contributed by atoms with Gasteiger partial charge in [-0.25, -0.2) is 10.0 Å². The molecule has 0 saturated carbocycles. The molecule has 98 valence electrons. The van der Waals surface area contributed by atoms with E-state index in [0.29, 0.717) is 24.6 Å². The van der Waals surface area contributed by atoms with Crippen LogP contribution >= 0.6 is 0 Å². The van der Waals surface area contributed by atoms with Crippen LogP contribution in [-0.2, 0) is 9.57 Å². The molecule has 6 heteroatoms. The second-order valence-electron chi connectivity index (χ2n) is 3.96. The van der Waals surface area contributed by atoms with Crippen molar-refractivity contribution in [2.24, 2.45) is 0 Å². The van der Waals surface area contributed by atoms with Crippen LogP contribution in [0.4, 0.5) is 5.82 Å². The summed E-state index contributed by atoms with van der Waals surface area (Å²) < 4.78 is 5.30. The zero-order valence-electron chi connectivity index (χ0n) is 10.6. The van der Waals surface area contributed by atoms with Gasteiger partial charge in [0.25, 0.3) is 5.91 Å². The highest BCUT2D eigenvalue weighted by Crippen LogP contribution is 2.19. The number of pyridine rings is 1. The second-order valence-corrected chi connectivity index (χ2v) is 3.96. The van der Waals surface area contributed by atoms with E-state index in [1.807, 2.05) is 0 Å². The third-order valence-electron chi connectivity index (χ3n) is 2.89. The minimum absolute atomic E-state index is 0.202. The molecule has 1 fully saturated rings. The number of aromatic nitrogens is 1. The highest BCUT2D eigenvalue weighted by Gasteiger charge is 2.21. The van der Waals surface area contributed by atoms with Gasteiger partial charge in [0.15, 0.2) is 0 Å². The minimum atomic E-state index is -0.202. The van der Waals surface area contributed by atoms with Gasteiger partial charge in [-0.1, -0.05) is 0 Å². The fourth-order valence-electron chi connectivity index (χ4n) is 1.84. The van der Waals surface area contributed by atoms with Gasteiger partial charge in [-0.3, -0.25) is 9.63 Å². The summed E-state index contributed by atoms with van der Waals surface area (Å²) in [7, 11) is 3.04. The van der Waals surface area contributed by atoms with E-state index >= 15 is 0 Å². The molecule has 18 heavy (non-hydrogen) atoms. The summed E-state index contributed by atoms with van der Waals surface area (Å²) in [6, 6.07) is 3.51. The Hall–Kier alpha value is -1.66. The molecule has 6 nitrogen and oxygen atoms in total. The monoisotopic (exact) mass is 251 g/mol. The Balaban J connectivity index is 2.27. The number of morpholine rings is 1. The summed E-state index contributed by atoms with van der Waals surface area (Å²) in [5.74, 6) is 0.488. The molecule has 2 rings (SSSR count). The molecule has 2 heterocycles. The van der Waals surface area contributed by atoms with Gasteiger partial charge >= 0.3 is 0 Å². The number of ether oxygens (including phenoxy) is 1. The van der Waals surface area contributed by atoms with Gasteiger partial charge in [0, 0.05) is 26.3 Å². The van der Waals surface area contributed by atoms with Crippen molar-refractivity contribution in [1.29, 1.82) is 0 Å². The van der Waals surface area contributed by atoms with Crippen LogP contribution in [-0.4, -0.2) is 56.4 Å². The first-order chi connectivity index (χ1) is 8.74. The number of rotatable bonds is 3. The molecule has 1 saturated heterocycles. The number of amides is 1. The number of hydrogen-bond donors (Lipinski definition) is 0. The SMILES string of the molecule is CON(C)C(=O)c1cccnc1N1CCOCC1. The van der Waals surface area contributed by atoms with E-state index in [-0.39, 0.29) is 5.91 Å². The van der Waals surface area contributed by atoms with Crippen LogP contribution in [0.2, 0.25) is 0 Å². The van der Waals surface area contributed by atoms with Crippen molar-refractivity contribution in [3.05, 3.63) is 23.9 Å². The van der Waals surface area contributed by atoms with Crippen molar-refractivity contribution in [2.45, 2.75) is 0 Å². The molecule has 1 aliphatic rings. The van der Waals surface area contributed by atoms with Gasteiger partial charge in [0.1, 0.15) is 5.82 Å². The van der Waals surface area contributed by atoms with E-state index in [4.69, 9.17) is 9.57 Å². The normalized spacial score (nSPS) is 15.6. The molecule has 0 spiro atoms. The summed E-state index contributed by atoms with van der Waals surface area (Å²) >= 11 is 0. The Kier molecular flexibility index (Phi) is 4.11. The average Bonchev–Trinajstić information content (AvgIpc) is 2.46. The maximum absolute atomic E-state index is 12.1. The van der Waals surface area contributed by atoms with Crippen LogP contribution < -0.4 is 4.90 Å². The minimum Gasteiger partial charge on any atom is -0.378 e. The first kappa shape index (κ1) is 12.8. The Morgan fingerprint density at radius 3 is 2.89 bits per heavy atom.